The van der Waals surface area contributed by atoms with Gasteiger partial charge < -0.3 is 9.84 Å². The van der Waals surface area contributed by atoms with Crippen molar-refractivity contribution in [2.75, 3.05) is 6.54 Å². The standard InChI is InChI=1S/C21H20FN3O3/c22-17-10-8-15(9-11-17)18(26)12-13-19(27)23-14-4-7-20-24-21(25-28-20)16-5-2-1-3-6-16/h1-3,5-6,8-11H,4,7,12-14H2,(H,23,27). The van der Waals surface area contributed by atoms with Crippen LogP contribution in [0.2, 0.25) is 0 Å². The number of amides is 1. The third-order valence-electron chi connectivity index (χ3n) is 4.13. The molecule has 0 radical (unpaired) electrons. The summed E-state index contributed by atoms with van der Waals surface area (Å²) < 4.78 is 18.1. The maximum atomic E-state index is 12.9. The molecular weight excluding hydrogens is 361 g/mol. The number of benzene rings is 2. The normalized spacial score (nSPS) is 10.6. The molecule has 6 nitrogen and oxygen atoms in total. The van der Waals surface area contributed by atoms with Crippen LogP contribution in [0.1, 0.15) is 35.5 Å². The first-order valence-electron chi connectivity index (χ1n) is 9.05. The zero-order chi connectivity index (χ0) is 19.8. The molecule has 1 amide bonds. The fraction of sp³-hybridized carbons (Fsp3) is 0.238. The number of aromatic nitrogens is 2. The molecule has 0 aliphatic carbocycles. The van der Waals surface area contributed by atoms with Gasteiger partial charge in [0.1, 0.15) is 5.82 Å². The van der Waals surface area contributed by atoms with Crippen LogP contribution in [0.5, 0.6) is 0 Å². The molecule has 144 valence electrons. The molecule has 7 heteroatoms. The summed E-state index contributed by atoms with van der Waals surface area (Å²) in [6.07, 6.45) is 1.37. The Morgan fingerprint density at radius 3 is 2.50 bits per heavy atom. The molecule has 0 aliphatic heterocycles. The van der Waals surface area contributed by atoms with Crippen LogP contribution in [0.3, 0.4) is 0 Å². The Kier molecular flexibility index (Phi) is 6.62. The van der Waals surface area contributed by atoms with Crippen LogP contribution >= 0.6 is 0 Å². The molecule has 0 fully saturated rings. The Bertz CT molecular complexity index is 924. The van der Waals surface area contributed by atoms with Gasteiger partial charge in [0.05, 0.1) is 0 Å². The maximum Gasteiger partial charge on any atom is 0.227 e. The van der Waals surface area contributed by atoms with Gasteiger partial charge in [0, 0.05) is 36.9 Å². The predicted octanol–water partition coefficient (Wildman–Crippen LogP) is 3.59. The summed E-state index contributed by atoms with van der Waals surface area (Å²) in [4.78, 5) is 28.2. The molecule has 0 unspecified atom stereocenters. The van der Waals surface area contributed by atoms with E-state index in [4.69, 9.17) is 4.52 Å². The molecule has 1 N–H and O–H groups in total. The van der Waals surface area contributed by atoms with Crippen molar-refractivity contribution in [2.24, 2.45) is 0 Å². The lowest BCUT2D eigenvalue weighted by molar-refractivity contribution is -0.121. The van der Waals surface area contributed by atoms with E-state index in [0.717, 1.165) is 5.56 Å². The van der Waals surface area contributed by atoms with Gasteiger partial charge in [-0.15, -0.1) is 0 Å². The quantitative estimate of drug-likeness (QED) is 0.452. The van der Waals surface area contributed by atoms with E-state index in [1.165, 1.54) is 24.3 Å². The number of hydrogen-bond acceptors (Lipinski definition) is 5. The topological polar surface area (TPSA) is 85.1 Å². The first-order chi connectivity index (χ1) is 13.6. The number of nitrogens with one attached hydrogen (secondary N) is 1. The molecule has 0 aliphatic rings. The number of nitrogens with zero attached hydrogens (tertiary/aromatic N) is 2. The Hall–Kier alpha value is -3.35. The van der Waals surface area contributed by atoms with E-state index in [1.807, 2.05) is 30.3 Å². The summed E-state index contributed by atoms with van der Waals surface area (Å²) in [6, 6.07) is 14.8. The van der Waals surface area contributed by atoms with Crippen LogP contribution in [0, 0.1) is 5.82 Å². The van der Waals surface area contributed by atoms with E-state index in [-0.39, 0.29) is 24.5 Å². The van der Waals surface area contributed by atoms with Crippen molar-refractivity contribution in [3.63, 3.8) is 0 Å². The van der Waals surface area contributed by atoms with E-state index in [0.29, 0.717) is 36.7 Å². The number of aryl methyl sites for hydroxylation is 1. The Morgan fingerprint density at radius 1 is 1.00 bits per heavy atom. The third-order valence-corrected chi connectivity index (χ3v) is 4.13. The lowest BCUT2D eigenvalue weighted by Crippen LogP contribution is -2.25. The van der Waals surface area contributed by atoms with Crippen LogP contribution in [0.4, 0.5) is 4.39 Å². The van der Waals surface area contributed by atoms with Crippen molar-refractivity contribution in [1.82, 2.24) is 15.5 Å². The summed E-state index contributed by atoms with van der Waals surface area (Å²) in [6.45, 7) is 0.451. The molecule has 0 atom stereocenters. The van der Waals surface area contributed by atoms with Gasteiger partial charge in [-0.3, -0.25) is 9.59 Å². The molecule has 0 saturated carbocycles. The maximum absolute atomic E-state index is 12.9. The molecular formula is C21H20FN3O3. The number of carbonyl (C=O) groups is 2. The first kappa shape index (κ1) is 19.4. The van der Waals surface area contributed by atoms with Gasteiger partial charge in [-0.2, -0.15) is 4.98 Å². The Labute approximate surface area is 161 Å². The van der Waals surface area contributed by atoms with E-state index < -0.39 is 5.82 Å². The van der Waals surface area contributed by atoms with Crippen LogP contribution in [0.25, 0.3) is 11.4 Å². The number of hydrogen-bond donors (Lipinski definition) is 1. The zero-order valence-electron chi connectivity index (χ0n) is 15.2. The third kappa shape index (κ3) is 5.57. The predicted molar refractivity (Wildman–Crippen MR) is 101 cm³/mol. The van der Waals surface area contributed by atoms with Crippen molar-refractivity contribution < 1.29 is 18.5 Å². The van der Waals surface area contributed by atoms with E-state index in [1.54, 1.807) is 0 Å². The molecule has 1 heterocycles. The largest absolute Gasteiger partial charge is 0.356 e. The number of rotatable bonds is 9. The second-order valence-corrected chi connectivity index (χ2v) is 6.26. The van der Waals surface area contributed by atoms with Crippen LogP contribution in [-0.4, -0.2) is 28.4 Å². The second kappa shape index (κ2) is 9.55. The average Bonchev–Trinajstić information content (AvgIpc) is 3.19. The van der Waals surface area contributed by atoms with Gasteiger partial charge in [-0.1, -0.05) is 35.5 Å². The molecule has 0 spiro atoms. The number of Topliss-reactive ketones (excluding diaryl/α,β-unsaturated/α-hetero) is 1. The Balaban J connectivity index is 1.35. The Morgan fingerprint density at radius 2 is 1.75 bits per heavy atom. The smallest absolute Gasteiger partial charge is 0.227 e. The highest BCUT2D eigenvalue weighted by molar-refractivity contribution is 5.97. The minimum Gasteiger partial charge on any atom is -0.356 e. The van der Waals surface area contributed by atoms with E-state index in [2.05, 4.69) is 15.5 Å². The minimum atomic E-state index is -0.397. The fourth-order valence-corrected chi connectivity index (χ4v) is 2.62. The lowest BCUT2D eigenvalue weighted by Gasteiger charge is -2.04. The van der Waals surface area contributed by atoms with Crippen molar-refractivity contribution in [2.45, 2.75) is 25.7 Å². The van der Waals surface area contributed by atoms with E-state index >= 15 is 0 Å². The number of halogens is 1. The summed E-state index contributed by atoms with van der Waals surface area (Å²) in [5, 5.41) is 6.72. The molecule has 3 rings (SSSR count). The zero-order valence-corrected chi connectivity index (χ0v) is 15.2. The van der Waals surface area contributed by atoms with Gasteiger partial charge in [-0.05, 0) is 30.7 Å². The second-order valence-electron chi connectivity index (χ2n) is 6.26. The van der Waals surface area contributed by atoms with Gasteiger partial charge in [0.2, 0.25) is 17.6 Å². The first-order valence-corrected chi connectivity index (χ1v) is 9.05. The summed E-state index contributed by atoms with van der Waals surface area (Å²) in [5.41, 5.74) is 1.29. The monoisotopic (exact) mass is 381 g/mol. The van der Waals surface area contributed by atoms with Crippen LogP contribution in [-0.2, 0) is 11.2 Å². The molecule has 1 aromatic heterocycles. The van der Waals surface area contributed by atoms with Crippen LogP contribution in [0.15, 0.2) is 59.1 Å². The molecule has 28 heavy (non-hydrogen) atoms. The van der Waals surface area contributed by atoms with E-state index in [9.17, 15) is 14.0 Å². The van der Waals surface area contributed by atoms with Crippen molar-refractivity contribution >= 4 is 11.7 Å². The van der Waals surface area contributed by atoms with Crippen molar-refractivity contribution in [3.05, 3.63) is 71.9 Å². The SMILES string of the molecule is O=C(CCC(=O)c1ccc(F)cc1)NCCCc1nc(-c2ccccc2)no1. The molecule has 0 bridgehead atoms. The molecule has 2 aromatic carbocycles. The summed E-state index contributed by atoms with van der Waals surface area (Å²) in [7, 11) is 0. The molecule has 0 saturated heterocycles. The highest BCUT2D eigenvalue weighted by atomic mass is 19.1. The van der Waals surface area contributed by atoms with Gasteiger partial charge in [-0.25, -0.2) is 4.39 Å². The van der Waals surface area contributed by atoms with Crippen molar-refractivity contribution in [1.29, 1.82) is 0 Å². The fourth-order valence-electron chi connectivity index (χ4n) is 2.62. The lowest BCUT2D eigenvalue weighted by atomic mass is 10.1. The highest BCUT2D eigenvalue weighted by Gasteiger charge is 2.10. The van der Waals surface area contributed by atoms with Gasteiger partial charge >= 0.3 is 0 Å². The van der Waals surface area contributed by atoms with Gasteiger partial charge in [0.15, 0.2) is 5.78 Å². The number of carbonyl (C=O) groups excluding carboxylic acids is 2. The minimum absolute atomic E-state index is 0.0849. The van der Waals surface area contributed by atoms with Crippen LogP contribution < -0.4 is 5.32 Å². The van der Waals surface area contributed by atoms with Gasteiger partial charge in [0.25, 0.3) is 0 Å². The average molecular weight is 381 g/mol. The van der Waals surface area contributed by atoms with Crippen molar-refractivity contribution in [3.8, 4) is 11.4 Å². The number of ketones is 1. The summed E-state index contributed by atoms with van der Waals surface area (Å²) in [5.74, 6) is 0.269. The summed E-state index contributed by atoms with van der Waals surface area (Å²) >= 11 is 0. The molecule has 3 aromatic rings. The highest BCUT2D eigenvalue weighted by Crippen LogP contribution is 2.15.